The lowest BCUT2D eigenvalue weighted by Gasteiger charge is -2.02. The minimum Gasteiger partial charge on any atom is -0.285 e. The Kier molecular flexibility index (Phi) is 5.47. The quantitative estimate of drug-likeness (QED) is 0.629. The predicted molar refractivity (Wildman–Crippen MR) is 81.5 cm³/mol. The molecule has 0 radical (unpaired) electrons. The van der Waals surface area contributed by atoms with E-state index >= 15 is 0 Å². The summed E-state index contributed by atoms with van der Waals surface area (Å²) >= 11 is 0. The van der Waals surface area contributed by atoms with Crippen molar-refractivity contribution in [2.75, 3.05) is 5.75 Å². The number of aromatic nitrogens is 1. The summed E-state index contributed by atoms with van der Waals surface area (Å²) in [4.78, 5) is 0. The van der Waals surface area contributed by atoms with Gasteiger partial charge in [0.25, 0.3) is 10.1 Å². The molecule has 5 heteroatoms. The molecule has 0 atom stereocenters. The highest BCUT2D eigenvalue weighted by Gasteiger charge is 2.09. The van der Waals surface area contributed by atoms with Gasteiger partial charge in [0, 0.05) is 12.1 Å². The van der Waals surface area contributed by atoms with Crippen molar-refractivity contribution < 1.29 is 17.5 Å². The zero-order valence-electron chi connectivity index (χ0n) is 11.9. The van der Waals surface area contributed by atoms with E-state index in [4.69, 9.17) is 4.55 Å². The third-order valence-corrected chi connectivity index (χ3v) is 4.04. The molecule has 4 nitrogen and oxygen atoms in total. The number of nitrogens with zero attached hydrogens (tertiary/aromatic N) is 1. The zero-order valence-corrected chi connectivity index (χ0v) is 12.7. The number of hydrogen-bond donors (Lipinski definition) is 1. The van der Waals surface area contributed by atoms with Crippen molar-refractivity contribution >= 4 is 10.1 Å². The van der Waals surface area contributed by atoms with Crippen molar-refractivity contribution in [3.8, 4) is 0 Å². The minimum atomic E-state index is -3.90. The maximum atomic E-state index is 10.7. The molecule has 0 bridgehead atoms. The van der Waals surface area contributed by atoms with Crippen molar-refractivity contribution in [2.45, 2.75) is 25.8 Å². The van der Waals surface area contributed by atoms with Crippen molar-refractivity contribution in [1.29, 1.82) is 0 Å². The molecule has 0 aliphatic carbocycles. The molecular formula is C16H20NO3S+. The summed E-state index contributed by atoms with van der Waals surface area (Å²) in [5, 5.41) is 0. The maximum Gasteiger partial charge on any atom is 0.271 e. The average Bonchev–Trinajstić information content (AvgIpc) is 2.47. The van der Waals surface area contributed by atoms with Crippen LogP contribution in [0.4, 0.5) is 0 Å². The van der Waals surface area contributed by atoms with Crippen LogP contribution in [0, 0.1) is 0 Å². The van der Waals surface area contributed by atoms with Gasteiger partial charge < -0.3 is 0 Å². The van der Waals surface area contributed by atoms with Crippen molar-refractivity contribution in [1.82, 2.24) is 0 Å². The summed E-state index contributed by atoms with van der Waals surface area (Å²) in [6.07, 6.45) is 6.83. The number of benzene rings is 1. The first-order chi connectivity index (χ1) is 10.0. The van der Waals surface area contributed by atoms with Gasteiger partial charge in [0.15, 0.2) is 18.9 Å². The molecule has 2 rings (SSSR count). The molecule has 1 aromatic carbocycles. The smallest absolute Gasteiger partial charge is 0.271 e. The first-order valence-corrected chi connectivity index (χ1v) is 8.61. The van der Waals surface area contributed by atoms with E-state index in [0.29, 0.717) is 0 Å². The van der Waals surface area contributed by atoms with Gasteiger partial charge in [-0.2, -0.15) is 8.42 Å². The fraction of sp³-hybridized carbons (Fsp3) is 0.312. The van der Waals surface area contributed by atoms with Gasteiger partial charge in [-0.15, -0.1) is 0 Å². The van der Waals surface area contributed by atoms with Gasteiger partial charge in [0.05, 0.1) is 0 Å². The summed E-state index contributed by atoms with van der Waals surface area (Å²) in [5.41, 5.74) is 2.57. The zero-order chi connectivity index (χ0) is 15.1. The van der Waals surface area contributed by atoms with Crippen LogP contribution in [0.25, 0.3) is 0 Å². The van der Waals surface area contributed by atoms with Gasteiger partial charge in [-0.1, -0.05) is 30.3 Å². The second kappa shape index (κ2) is 7.33. The molecule has 0 unspecified atom stereocenters. The van der Waals surface area contributed by atoms with E-state index in [1.807, 2.05) is 30.6 Å². The first kappa shape index (κ1) is 15.7. The lowest BCUT2D eigenvalue weighted by molar-refractivity contribution is -0.692. The van der Waals surface area contributed by atoms with Crippen LogP contribution >= 0.6 is 0 Å². The van der Waals surface area contributed by atoms with E-state index in [0.717, 1.165) is 19.3 Å². The molecular weight excluding hydrogens is 286 g/mol. The van der Waals surface area contributed by atoms with Gasteiger partial charge in [0.2, 0.25) is 0 Å². The van der Waals surface area contributed by atoms with Crippen LogP contribution < -0.4 is 4.57 Å². The normalized spacial score (nSPS) is 11.5. The average molecular weight is 306 g/mol. The Bertz CT molecular complexity index is 652. The molecule has 0 aliphatic rings. The van der Waals surface area contributed by atoms with E-state index in [2.05, 4.69) is 24.3 Å². The fourth-order valence-corrected chi connectivity index (χ4v) is 2.61. The maximum absolute atomic E-state index is 10.7. The van der Waals surface area contributed by atoms with Gasteiger partial charge in [-0.05, 0) is 30.4 Å². The SMILES string of the molecule is O=S(=O)(O)CC[n+]1ccc(CCCc2ccccc2)cc1. The highest BCUT2D eigenvalue weighted by atomic mass is 32.2. The second-order valence-corrected chi connectivity index (χ2v) is 6.64. The standard InChI is InChI=1S/C16H19NO3S/c18-21(19,20)14-13-17-11-9-16(10-12-17)8-4-7-15-5-2-1-3-6-15/h1-3,5-6,9-12H,4,7-8,13-14H2/p+1. The van der Waals surface area contributed by atoms with Crippen LogP contribution in [0.15, 0.2) is 54.9 Å². The Morgan fingerprint density at radius 3 is 2.05 bits per heavy atom. The third kappa shape index (κ3) is 6.06. The fourth-order valence-electron chi connectivity index (χ4n) is 2.17. The monoisotopic (exact) mass is 306 g/mol. The Balaban J connectivity index is 1.80. The largest absolute Gasteiger partial charge is 0.285 e. The lowest BCUT2D eigenvalue weighted by atomic mass is 10.1. The van der Waals surface area contributed by atoms with Crippen molar-refractivity contribution in [2.24, 2.45) is 0 Å². The summed E-state index contributed by atoms with van der Waals surface area (Å²) < 4.78 is 31.9. The molecule has 0 fully saturated rings. The number of pyridine rings is 1. The molecule has 0 spiro atoms. The molecule has 1 aromatic heterocycles. The summed E-state index contributed by atoms with van der Waals surface area (Å²) in [5.74, 6) is -0.259. The topological polar surface area (TPSA) is 58.3 Å². The third-order valence-electron chi connectivity index (χ3n) is 3.34. The van der Waals surface area contributed by atoms with Crippen molar-refractivity contribution in [3.05, 3.63) is 66.0 Å². The Morgan fingerprint density at radius 1 is 0.905 bits per heavy atom. The summed E-state index contributed by atoms with van der Waals surface area (Å²) in [6, 6.07) is 14.4. The Hall–Kier alpha value is -1.72. The van der Waals surface area contributed by atoms with E-state index < -0.39 is 10.1 Å². The van der Waals surface area contributed by atoms with Gasteiger partial charge in [-0.25, -0.2) is 4.57 Å². The van der Waals surface area contributed by atoms with E-state index in [1.54, 1.807) is 4.57 Å². The van der Waals surface area contributed by atoms with Gasteiger partial charge >= 0.3 is 0 Å². The van der Waals surface area contributed by atoms with E-state index in [-0.39, 0.29) is 12.3 Å². The van der Waals surface area contributed by atoms with Gasteiger partial charge in [0.1, 0.15) is 5.75 Å². The van der Waals surface area contributed by atoms with Gasteiger partial charge in [-0.3, -0.25) is 4.55 Å². The predicted octanol–water partition coefficient (Wildman–Crippen LogP) is 2.04. The van der Waals surface area contributed by atoms with Crippen LogP contribution in [0.2, 0.25) is 0 Å². The first-order valence-electron chi connectivity index (χ1n) is 7.00. The molecule has 1 N–H and O–H groups in total. The molecule has 112 valence electrons. The molecule has 0 saturated carbocycles. The number of hydrogen-bond acceptors (Lipinski definition) is 2. The Labute approximate surface area is 125 Å². The molecule has 0 saturated heterocycles. The second-order valence-electron chi connectivity index (χ2n) is 5.07. The minimum absolute atomic E-state index is 0.259. The van der Waals surface area contributed by atoms with E-state index in [9.17, 15) is 8.42 Å². The molecule has 1 heterocycles. The van der Waals surface area contributed by atoms with Crippen molar-refractivity contribution in [3.63, 3.8) is 0 Å². The molecule has 2 aromatic rings. The van der Waals surface area contributed by atoms with Crippen LogP contribution in [0.5, 0.6) is 0 Å². The summed E-state index contributed by atoms with van der Waals surface area (Å²) in [7, 11) is -3.90. The summed E-state index contributed by atoms with van der Waals surface area (Å²) in [6.45, 7) is 0.267. The Morgan fingerprint density at radius 2 is 1.48 bits per heavy atom. The van der Waals surface area contributed by atoms with Crippen LogP contribution in [-0.2, 0) is 29.5 Å². The number of aryl methyl sites for hydroxylation is 3. The number of rotatable bonds is 7. The molecule has 0 amide bonds. The van der Waals surface area contributed by atoms with Crippen LogP contribution in [0.1, 0.15) is 17.5 Å². The van der Waals surface area contributed by atoms with Crippen LogP contribution in [-0.4, -0.2) is 18.7 Å². The highest BCUT2D eigenvalue weighted by molar-refractivity contribution is 7.85. The lowest BCUT2D eigenvalue weighted by Crippen LogP contribution is -2.36. The highest BCUT2D eigenvalue weighted by Crippen LogP contribution is 2.07. The molecule has 0 aliphatic heterocycles. The van der Waals surface area contributed by atoms with E-state index in [1.165, 1.54) is 11.1 Å². The molecule has 21 heavy (non-hydrogen) atoms. The van der Waals surface area contributed by atoms with Crippen LogP contribution in [0.3, 0.4) is 0 Å².